The highest BCUT2D eigenvalue weighted by atomic mass is 35.5. The van der Waals surface area contributed by atoms with Crippen LogP contribution in [0.2, 0.25) is 10.2 Å². The van der Waals surface area contributed by atoms with Crippen molar-refractivity contribution in [1.29, 1.82) is 0 Å². The zero-order valence-corrected chi connectivity index (χ0v) is 12.7. The van der Waals surface area contributed by atoms with Crippen molar-refractivity contribution in [1.82, 2.24) is 15.2 Å². The summed E-state index contributed by atoms with van der Waals surface area (Å²) >= 11 is 12.5. The minimum Gasteiger partial charge on any atom is -0.253 e. The second-order valence-corrected chi connectivity index (χ2v) is 6.91. The maximum atomic E-state index is 12.0. The first-order valence-electron chi connectivity index (χ1n) is 5.08. The number of nitrogens with zero attached hydrogens (tertiary/aromatic N) is 3. The van der Waals surface area contributed by atoms with Crippen LogP contribution in [-0.2, 0) is 16.4 Å². The first kappa shape index (κ1) is 14.4. The highest BCUT2D eigenvalue weighted by Crippen LogP contribution is 2.24. The number of aryl methyl sites for hydroxylation is 1. The largest absolute Gasteiger partial charge is 0.265 e. The normalized spacial score (nSPS) is 11.5. The van der Waals surface area contributed by atoms with Crippen LogP contribution in [0.1, 0.15) is 11.9 Å². The summed E-state index contributed by atoms with van der Waals surface area (Å²) in [5.74, 6) is 0. The summed E-state index contributed by atoms with van der Waals surface area (Å²) in [6.45, 7) is 1.90. The minimum atomic E-state index is -3.80. The van der Waals surface area contributed by atoms with Gasteiger partial charge in [0, 0.05) is 6.20 Å². The van der Waals surface area contributed by atoms with E-state index >= 15 is 0 Å². The van der Waals surface area contributed by atoms with Gasteiger partial charge in [0.05, 0.1) is 5.02 Å². The van der Waals surface area contributed by atoms with E-state index in [1.807, 2.05) is 6.92 Å². The zero-order valence-electron chi connectivity index (χ0n) is 9.59. The molecule has 0 spiro atoms. The fraction of sp³-hybridized carbons (Fsp3) is 0.222. The molecular weight excluding hydrogens is 331 g/mol. The first-order chi connectivity index (χ1) is 8.92. The number of nitrogens with one attached hydrogen (secondary N) is 1. The van der Waals surface area contributed by atoms with Crippen molar-refractivity contribution in [2.24, 2.45) is 0 Å². The molecule has 6 nitrogen and oxygen atoms in total. The Labute approximate surface area is 123 Å². The number of hydrogen-bond donors (Lipinski definition) is 1. The fourth-order valence-electron chi connectivity index (χ4n) is 1.16. The molecule has 0 atom stereocenters. The van der Waals surface area contributed by atoms with Gasteiger partial charge in [0.1, 0.15) is 15.1 Å². The van der Waals surface area contributed by atoms with Crippen molar-refractivity contribution in [3.63, 3.8) is 0 Å². The van der Waals surface area contributed by atoms with E-state index in [-0.39, 0.29) is 20.2 Å². The highest BCUT2D eigenvalue weighted by Gasteiger charge is 2.18. The molecule has 2 heterocycles. The summed E-state index contributed by atoms with van der Waals surface area (Å²) in [7, 11) is -3.80. The molecule has 0 saturated carbocycles. The summed E-state index contributed by atoms with van der Waals surface area (Å²) < 4.78 is 26.4. The summed E-state index contributed by atoms with van der Waals surface area (Å²) in [6, 6.07) is 1.22. The monoisotopic (exact) mass is 338 g/mol. The van der Waals surface area contributed by atoms with Crippen LogP contribution in [-0.4, -0.2) is 23.6 Å². The van der Waals surface area contributed by atoms with Crippen molar-refractivity contribution in [2.75, 3.05) is 4.72 Å². The van der Waals surface area contributed by atoms with Gasteiger partial charge in [-0.2, -0.15) is 0 Å². The van der Waals surface area contributed by atoms with E-state index in [9.17, 15) is 8.42 Å². The maximum absolute atomic E-state index is 12.0. The van der Waals surface area contributed by atoms with E-state index in [0.29, 0.717) is 6.42 Å². The molecule has 0 unspecified atom stereocenters. The predicted octanol–water partition coefficient (Wildman–Crippen LogP) is 2.60. The second kappa shape index (κ2) is 5.58. The van der Waals surface area contributed by atoms with Gasteiger partial charge < -0.3 is 0 Å². The molecule has 0 amide bonds. The Morgan fingerprint density at radius 1 is 1.37 bits per heavy atom. The number of rotatable bonds is 4. The quantitative estimate of drug-likeness (QED) is 0.866. The summed E-state index contributed by atoms with van der Waals surface area (Å²) in [6.07, 6.45) is 1.81. The average Bonchev–Trinajstić information content (AvgIpc) is 2.79. The summed E-state index contributed by atoms with van der Waals surface area (Å²) in [5, 5.41) is 8.61. The highest BCUT2D eigenvalue weighted by molar-refractivity contribution is 7.93. The van der Waals surface area contributed by atoms with Gasteiger partial charge in [-0.15, -0.1) is 10.2 Å². The molecule has 0 fully saturated rings. The fourth-order valence-corrected chi connectivity index (χ4v) is 3.38. The molecule has 0 saturated heterocycles. The van der Waals surface area contributed by atoms with Crippen LogP contribution >= 0.6 is 34.5 Å². The molecule has 0 bridgehead atoms. The van der Waals surface area contributed by atoms with Gasteiger partial charge in [-0.3, -0.25) is 4.72 Å². The van der Waals surface area contributed by atoms with Gasteiger partial charge in [-0.1, -0.05) is 41.5 Å². The van der Waals surface area contributed by atoms with Gasteiger partial charge in [0.25, 0.3) is 10.0 Å². The number of anilines is 1. The molecule has 0 aliphatic rings. The van der Waals surface area contributed by atoms with Gasteiger partial charge in [0.15, 0.2) is 0 Å². The number of sulfonamides is 1. The Bertz CT molecular complexity index is 702. The Hall–Kier alpha value is -0.960. The van der Waals surface area contributed by atoms with Crippen LogP contribution in [0.25, 0.3) is 0 Å². The SMILES string of the molecule is CCc1nnc(NS(=O)(=O)c2cnc(Cl)c(Cl)c2)s1. The summed E-state index contributed by atoms with van der Waals surface area (Å²) in [5.41, 5.74) is 0. The zero-order chi connectivity index (χ0) is 14.0. The second-order valence-electron chi connectivity index (χ2n) is 3.40. The third kappa shape index (κ3) is 3.33. The minimum absolute atomic E-state index is 0.0461. The molecule has 0 radical (unpaired) electrons. The lowest BCUT2D eigenvalue weighted by Crippen LogP contribution is -2.13. The molecule has 10 heteroatoms. The summed E-state index contributed by atoms with van der Waals surface area (Å²) in [4.78, 5) is 3.60. The van der Waals surface area contributed by atoms with E-state index in [1.54, 1.807) is 0 Å². The van der Waals surface area contributed by atoms with Crippen molar-refractivity contribution in [3.05, 3.63) is 27.4 Å². The molecule has 19 heavy (non-hydrogen) atoms. The molecule has 2 rings (SSSR count). The third-order valence-electron chi connectivity index (χ3n) is 2.07. The van der Waals surface area contributed by atoms with Crippen LogP contribution in [0.3, 0.4) is 0 Å². The van der Waals surface area contributed by atoms with Crippen molar-refractivity contribution in [3.8, 4) is 0 Å². The van der Waals surface area contributed by atoms with E-state index in [2.05, 4.69) is 19.9 Å². The van der Waals surface area contributed by atoms with Crippen molar-refractivity contribution >= 4 is 49.7 Å². The van der Waals surface area contributed by atoms with Crippen molar-refractivity contribution in [2.45, 2.75) is 18.2 Å². The van der Waals surface area contributed by atoms with Crippen molar-refractivity contribution < 1.29 is 8.42 Å². The number of hydrogen-bond acceptors (Lipinski definition) is 6. The first-order valence-corrected chi connectivity index (χ1v) is 8.14. The number of aromatic nitrogens is 3. The van der Waals surface area contributed by atoms with Gasteiger partial charge >= 0.3 is 0 Å². The molecule has 0 aliphatic heterocycles. The smallest absolute Gasteiger partial charge is 0.253 e. The molecular formula is C9H8Cl2N4O2S2. The standard InChI is InChI=1S/C9H8Cl2N4O2S2/c1-2-7-13-14-9(18-7)15-19(16,17)5-3-6(10)8(11)12-4-5/h3-4H,2H2,1H3,(H,14,15). The molecule has 2 aromatic heterocycles. The molecule has 102 valence electrons. The van der Waals surface area contributed by atoms with Crippen LogP contribution in [0.4, 0.5) is 5.13 Å². The van der Waals surface area contributed by atoms with E-state index in [0.717, 1.165) is 11.2 Å². The number of pyridine rings is 1. The van der Waals surface area contributed by atoms with E-state index < -0.39 is 10.0 Å². The predicted molar refractivity (Wildman–Crippen MR) is 74.4 cm³/mol. The van der Waals surface area contributed by atoms with E-state index in [4.69, 9.17) is 23.2 Å². The molecule has 1 N–H and O–H groups in total. The Morgan fingerprint density at radius 2 is 2.11 bits per heavy atom. The average molecular weight is 339 g/mol. The van der Waals surface area contributed by atoms with E-state index in [1.165, 1.54) is 17.4 Å². The van der Waals surface area contributed by atoms with Crippen LogP contribution in [0, 0.1) is 0 Å². The van der Waals surface area contributed by atoms with Crippen LogP contribution in [0.5, 0.6) is 0 Å². The topological polar surface area (TPSA) is 84.8 Å². The van der Waals surface area contributed by atoms with Crippen LogP contribution in [0.15, 0.2) is 17.2 Å². The lowest BCUT2D eigenvalue weighted by Gasteiger charge is -2.04. The van der Waals surface area contributed by atoms with Gasteiger partial charge in [-0.05, 0) is 12.5 Å². The van der Waals surface area contributed by atoms with Gasteiger partial charge in [0.2, 0.25) is 5.13 Å². The molecule has 0 aliphatic carbocycles. The lowest BCUT2D eigenvalue weighted by atomic mass is 10.5. The molecule has 2 aromatic rings. The lowest BCUT2D eigenvalue weighted by molar-refractivity contribution is 0.600. The Balaban J connectivity index is 2.29. The van der Waals surface area contributed by atoms with Gasteiger partial charge in [-0.25, -0.2) is 13.4 Å². The van der Waals surface area contributed by atoms with Crippen LogP contribution < -0.4 is 4.72 Å². The number of halogens is 2. The Morgan fingerprint density at radius 3 is 2.68 bits per heavy atom. The maximum Gasteiger partial charge on any atom is 0.265 e. The molecule has 0 aromatic carbocycles. The third-order valence-corrected chi connectivity index (χ3v) is 5.18. The Kier molecular flexibility index (Phi) is 4.24.